The lowest BCUT2D eigenvalue weighted by molar-refractivity contribution is 0.0735. The largest absolute Gasteiger partial charge is 0.336 e. The highest BCUT2D eigenvalue weighted by Gasteiger charge is 2.33. The first-order chi connectivity index (χ1) is 8.59. The summed E-state index contributed by atoms with van der Waals surface area (Å²) in [6.07, 6.45) is 4.86. The van der Waals surface area contributed by atoms with Crippen LogP contribution >= 0.6 is 11.6 Å². The molecule has 1 aliphatic rings. The van der Waals surface area contributed by atoms with E-state index in [0.29, 0.717) is 22.7 Å². The van der Waals surface area contributed by atoms with E-state index < -0.39 is 0 Å². The molecule has 1 aliphatic carbocycles. The van der Waals surface area contributed by atoms with Crippen LogP contribution in [0.5, 0.6) is 0 Å². The summed E-state index contributed by atoms with van der Waals surface area (Å²) in [5.41, 5.74) is 0.523. The van der Waals surface area contributed by atoms with Gasteiger partial charge < -0.3 is 4.90 Å². The zero-order valence-electron chi connectivity index (χ0n) is 10.9. The summed E-state index contributed by atoms with van der Waals surface area (Å²) in [7, 11) is 0. The molecular weight excluding hydrogens is 248 g/mol. The number of pyridine rings is 1. The number of amides is 1. The third-order valence-corrected chi connectivity index (χ3v) is 3.49. The molecule has 0 aliphatic heterocycles. The van der Waals surface area contributed by atoms with Crippen molar-refractivity contribution in [2.45, 2.75) is 39.2 Å². The molecule has 0 saturated heterocycles. The third-order valence-electron chi connectivity index (χ3n) is 3.19. The van der Waals surface area contributed by atoms with Gasteiger partial charge in [-0.15, -0.1) is 0 Å². The van der Waals surface area contributed by atoms with Crippen LogP contribution in [0.15, 0.2) is 18.3 Å². The maximum atomic E-state index is 12.5. The molecule has 1 fully saturated rings. The number of hydrogen-bond donors (Lipinski definition) is 0. The molecule has 1 amide bonds. The number of carbonyl (C=O) groups excluding carboxylic acids is 1. The second-order valence-electron chi connectivity index (χ2n) is 5.25. The molecule has 0 unspecified atom stereocenters. The van der Waals surface area contributed by atoms with Crippen LogP contribution in [0.25, 0.3) is 0 Å². The molecule has 0 atom stereocenters. The molecule has 1 aromatic rings. The molecule has 0 radical (unpaired) electrons. The normalized spacial score (nSPS) is 14.9. The first-order valence-corrected chi connectivity index (χ1v) is 6.89. The van der Waals surface area contributed by atoms with E-state index in [1.54, 1.807) is 18.3 Å². The van der Waals surface area contributed by atoms with Crippen molar-refractivity contribution >= 4 is 17.5 Å². The number of hydrogen-bond acceptors (Lipinski definition) is 2. The number of aromatic nitrogens is 1. The van der Waals surface area contributed by atoms with Crippen molar-refractivity contribution in [2.24, 2.45) is 5.92 Å². The van der Waals surface area contributed by atoms with Crippen LogP contribution in [0.3, 0.4) is 0 Å². The van der Waals surface area contributed by atoms with Crippen LogP contribution in [0.2, 0.25) is 5.15 Å². The van der Waals surface area contributed by atoms with Gasteiger partial charge in [-0.25, -0.2) is 4.98 Å². The Kier molecular flexibility index (Phi) is 4.23. The molecule has 0 aromatic carbocycles. The zero-order valence-corrected chi connectivity index (χ0v) is 11.7. The molecule has 98 valence electrons. The maximum Gasteiger partial charge on any atom is 0.257 e. The van der Waals surface area contributed by atoms with Crippen LogP contribution in [-0.4, -0.2) is 28.4 Å². The monoisotopic (exact) mass is 266 g/mol. The van der Waals surface area contributed by atoms with Gasteiger partial charge >= 0.3 is 0 Å². The highest BCUT2D eigenvalue weighted by Crippen LogP contribution is 2.29. The van der Waals surface area contributed by atoms with E-state index >= 15 is 0 Å². The lowest BCUT2D eigenvalue weighted by Crippen LogP contribution is -2.34. The van der Waals surface area contributed by atoms with E-state index in [4.69, 9.17) is 11.6 Å². The van der Waals surface area contributed by atoms with E-state index in [2.05, 4.69) is 18.8 Å². The summed E-state index contributed by atoms with van der Waals surface area (Å²) in [5.74, 6) is 0.625. The molecule has 1 heterocycles. The Morgan fingerprint density at radius 3 is 2.83 bits per heavy atom. The lowest BCUT2D eigenvalue weighted by atomic mass is 10.1. The SMILES string of the molecule is CC(C)CCN(C(=O)c1cccnc1Cl)C1CC1. The van der Waals surface area contributed by atoms with Crippen molar-refractivity contribution in [3.63, 3.8) is 0 Å². The first-order valence-electron chi connectivity index (χ1n) is 6.51. The molecule has 1 saturated carbocycles. The number of carbonyl (C=O) groups is 1. The molecule has 0 N–H and O–H groups in total. The van der Waals surface area contributed by atoms with Gasteiger partial charge in [0.2, 0.25) is 0 Å². The zero-order chi connectivity index (χ0) is 13.1. The minimum absolute atomic E-state index is 0.0243. The number of halogens is 1. The molecule has 3 nitrogen and oxygen atoms in total. The van der Waals surface area contributed by atoms with Crippen LogP contribution in [0.1, 0.15) is 43.5 Å². The first kappa shape index (κ1) is 13.3. The molecular formula is C14H19ClN2O. The molecule has 2 rings (SSSR count). The molecule has 18 heavy (non-hydrogen) atoms. The Labute approximate surface area is 113 Å². The summed E-state index contributed by atoms with van der Waals surface area (Å²) in [6.45, 7) is 5.16. The van der Waals surface area contributed by atoms with Crippen LogP contribution in [-0.2, 0) is 0 Å². The van der Waals surface area contributed by atoms with Gasteiger partial charge in [-0.3, -0.25) is 4.79 Å². The van der Waals surface area contributed by atoms with Gasteiger partial charge in [0.15, 0.2) is 0 Å². The van der Waals surface area contributed by atoms with E-state index in [9.17, 15) is 4.79 Å². The average Bonchev–Trinajstić information content (AvgIpc) is 3.13. The van der Waals surface area contributed by atoms with Gasteiger partial charge in [0.1, 0.15) is 5.15 Å². The van der Waals surface area contributed by atoms with Crippen molar-refractivity contribution < 1.29 is 4.79 Å². The van der Waals surface area contributed by atoms with Crippen molar-refractivity contribution in [1.29, 1.82) is 0 Å². The van der Waals surface area contributed by atoms with Crippen LogP contribution < -0.4 is 0 Å². The number of nitrogens with zero attached hydrogens (tertiary/aromatic N) is 2. The fourth-order valence-electron chi connectivity index (χ4n) is 1.93. The topological polar surface area (TPSA) is 33.2 Å². The molecule has 1 aromatic heterocycles. The summed E-state index contributed by atoms with van der Waals surface area (Å²) in [5, 5.41) is 0.303. The molecule has 4 heteroatoms. The average molecular weight is 267 g/mol. The lowest BCUT2D eigenvalue weighted by Gasteiger charge is -2.23. The highest BCUT2D eigenvalue weighted by molar-refractivity contribution is 6.32. The second-order valence-corrected chi connectivity index (χ2v) is 5.61. The van der Waals surface area contributed by atoms with Crippen molar-refractivity contribution in [1.82, 2.24) is 9.88 Å². The van der Waals surface area contributed by atoms with Gasteiger partial charge in [0.05, 0.1) is 5.56 Å². The van der Waals surface area contributed by atoms with E-state index in [1.165, 1.54) is 0 Å². The van der Waals surface area contributed by atoms with E-state index in [-0.39, 0.29) is 5.91 Å². The van der Waals surface area contributed by atoms with Gasteiger partial charge in [0, 0.05) is 18.8 Å². The quantitative estimate of drug-likeness (QED) is 0.766. The minimum Gasteiger partial charge on any atom is -0.336 e. The van der Waals surface area contributed by atoms with Crippen LogP contribution in [0.4, 0.5) is 0 Å². The molecule has 0 spiro atoms. The van der Waals surface area contributed by atoms with Crippen molar-refractivity contribution in [3.05, 3.63) is 29.0 Å². The third kappa shape index (κ3) is 3.22. The maximum absolute atomic E-state index is 12.5. The van der Waals surface area contributed by atoms with Gasteiger partial charge in [-0.1, -0.05) is 25.4 Å². The fraction of sp³-hybridized carbons (Fsp3) is 0.571. The van der Waals surface area contributed by atoms with Gasteiger partial charge in [-0.2, -0.15) is 0 Å². The Hall–Kier alpha value is -1.09. The van der Waals surface area contributed by atoms with E-state index in [0.717, 1.165) is 25.8 Å². The predicted octanol–water partition coefficient (Wildman–Crippen LogP) is 3.39. The summed E-state index contributed by atoms with van der Waals surface area (Å²) in [4.78, 5) is 18.4. The number of rotatable bonds is 5. The minimum atomic E-state index is 0.0243. The fourth-order valence-corrected chi connectivity index (χ4v) is 2.13. The van der Waals surface area contributed by atoms with Crippen molar-refractivity contribution in [2.75, 3.05) is 6.54 Å². The Morgan fingerprint density at radius 2 is 2.28 bits per heavy atom. The predicted molar refractivity (Wildman–Crippen MR) is 72.8 cm³/mol. The second kappa shape index (κ2) is 5.70. The molecule has 0 bridgehead atoms. The van der Waals surface area contributed by atoms with Crippen molar-refractivity contribution in [3.8, 4) is 0 Å². The summed E-state index contributed by atoms with van der Waals surface area (Å²) in [6, 6.07) is 3.92. The van der Waals surface area contributed by atoms with Crippen LogP contribution in [0, 0.1) is 5.92 Å². The summed E-state index contributed by atoms with van der Waals surface area (Å²) < 4.78 is 0. The Balaban J connectivity index is 2.11. The van der Waals surface area contributed by atoms with Gasteiger partial charge in [0.25, 0.3) is 5.91 Å². The standard InChI is InChI=1S/C14H19ClN2O/c1-10(2)7-9-17(11-5-6-11)14(18)12-4-3-8-16-13(12)15/h3-4,8,10-11H,5-7,9H2,1-2H3. The Bertz CT molecular complexity index is 430. The van der Waals surface area contributed by atoms with Gasteiger partial charge in [-0.05, 0) is 37.3 Å². The smallest absolute Gasteiger partial charge is 0.257 e. The Morgan fingerprint density at radius 1 is 1.56 bits per heavy atom. The highest BCUT2D eigenvalue weighted by atomic mass is 35.5. The summed E-state index contributed by atoms with van der Waals surface area (Å²) >= 11 is 5.99. The van der Waals surface area contributed by atoms with E-state index in [1.807, 2.05) is 4.90 Å².